The van der Waals surface area contributed by atoms with Gasteiger partial charge in [-0.15, -0.1) is 0 Å². The van der Waals surface area contributed by atoms with Crippen LogP contribution in [-0.2, 0) is 22.6 Å². The molecule has 0 amide bonds. The zero-order valence-electron chi connectivity index (χ0n) is 17.6. The lowest BCUT2D eigenvalue weighted by Gasteiger charge is -2.10. The first kappa shape index (κ1) is 23.3. The molecule has 4 rings (SSSR count). The molecule has 0 atom stereocenters. The number of aromatic carboxylic acids is 1. The highest BCUT2D eigenvalue weighted by molar-refractivity contribution is 7.92. The Labute approximate surface area is 191 Å². The van der Waals surface area contributed by atoms with Crippen molar-refractivity contribution in [1.82, 2.24) is 4.98 Å². The van der Waals surface area contributed by atoms with Gasteiger partial charge in [0.05, 0.1) is 21.7 Å². The molecule has 0 radical (unpaired) electrons. The molecule has 0 bridgehead atoms. The van der Waals surface area contributed by atoms with Crippen molar-refractivity contribution >= 4 is 32.8 Å². The summed E-state index contributed by atoms with van der Waals surface area (Å²) in [5.41, 5.74) is 0.660. The third kappa shape index (κ3) is 4.60. The molecular weight excluding hydrogens is 473 g/mol. The number of carbonyl (C=O) groups is 1. The molecule has 34 heavy (non-hydrogen) atoms. The highest BCUT2D eigenvalue weighted by atomic mass is 32.2. The quantitative estimate of drug-likeness (QED) is 0.365. The van der Waals surface area contributed by atoms with E-state index in [1.54, 1.807) is 6.92 Å². The molecule has 0 aliphatic heterocycles. The minimum Gasteiger partial charge on any atom is -0.478 e. The molecule has 0 spiro atoms. The number of nitrogens with one attached hydrogen (secondary N) is 1. The summed E-state index contributed by atoms with van der Waals surface area (Å²) in [6.45, 7) is 1.76. The van der Waals surface area contributed by atoms with Crippen LogP contribution >= 0.6 is 0 Å². The fourth-order valence-corrected chi connectivity index (χ4v) is 4.44. The fourth-order valence-electron chi connectivity index (χ4n) is 3.36. The van der Waals surface area contributed by atoms with Crippen LogP contribution in [-0.4, -0.2) is 24.5 Å². The molecule has 4 aromatic rings. The van der Waals surface area contributed by atoms with Crippen molar-refractivity contribution in [2.24, 2.45) is 0 Å². The number of benzene rings is 3. The number of rotatable bonds is 6. The maximum atomic E-state index is 12.8. The summed E-state index contributed by atoms with van der Waals surface area (Å²) in [6.07, 6.45) is -4.03. The van der Waals surface area contributed by atoms with E-state index in [1.807, 2.05) is 0 Å². The van der Waals surface area contributed by atoms with Gasteiger partial charge >= 0.3 is 12.1 Å². The molecular formula is C23H17F3N2O5S. The van der Waals surface area contributed by atoms with Gasteiger partial charge in [0.2, 0.25) is 5.89 Å². The Balaban J connectivity index is 1.62. The monoisotopic (exact) mass is 490 g/mol. The van der Waals surface area contributed by atoms with Gasteiger partial charge in [-0.2, -0.15) is 13.2 Å². The second-order valence-electron chi connectivity index (χ2n) is 7.36. The summed E-state index contributed by atoms with van der Waals surface area (Å²) in [6, 6.07) is 12.5. The molecule has 2 N–H and O–H groups in total. The minimum absolute atomic E-state index is 0.0741. The van der Waals surface area contributed by atoms with E-state index < -0.39 is 27.7 Å². The van der Waals surface area contributed by atoms with Crippen molar-refractivity contribution < 1.29 is 35.9 Å². The summed E-state index contributed by atoms with van der Waals surface area (Å²) in [4.78, 5) is 15.5. The smallest absolute Gasteiger partial charge is 0.416 e. The lowest BCUT2D eigenvalue weighted by molar-refractivity contribution is -0.137. The molecule has 7 nitrogen and oxygen atoms in total. The molecule has 0 aliphatic carbocycles. The fraction of sp³-hybridized carbons (Fsp3) is 0.130. The number of carboxylic acids is 1. The number of hydrogen-bond acceptors (Lipinski definition) is 5. The first-order valence-electron chi connectivity index (χ1n) is 9.95. The van der Waals surface area contributed by atoms with Gasteiger partial charge in [-0.3, -0.25) is 4.72 Å². The standard InChI is InChI=1S/C23H17F3N2O5S/c1-2-13-5-9-17(12-18(13)22(29)30)34(31,32)28-16-8-10-20-19(11-16)27-21(33-20)14-3-6-15(7-4-14)23(24,25)26/h3-12,28H,2H2,1H3,(H,29,30). The van der Waals surface area contributed by atoms with E-state index in [9.17, 15) is 31.5 Å². The average molecular weight is 490 g/mol. The predicted molar refractivity (Wildman–Crippen MR) is 118 cm³/mol. The minimum atomic E-state index is -4.46. The molecule has 0 aliphatic rings. The first-order chi connectivity index (χ1) is 16.0. The highest BCUT2D eigenvalue weighted by Crippen LogP contribution is 2.32. The summed E-state index contributed by atoms with van der Waals surface area (Å²) in [7, 11) is -4.11. The number of hydrogen-bond donors (Lipinski definition) is 2. The predicted octanol–water partition coefficient (Wildman–Crippen LogP) is 5.58. The molecule has 1 aromatic heterocycles. The second-order valence-corrected chi connectivity index (χ2v) is 9.04. The Morgan fingerprint density at radius 2 is 1.76 bits per heavy atom. The molecule has 176 valence electrons. The maximum Gasteiger partial charge on any atom is 0.416 e. The van der Waals surface area contributed by atoms with E-state index in [2.05, 4.69) is 9.71 Å². The maximum absolute atomic E-state index is 12.8. The number of fused-ring (bicyclic) bond motifs is 1. The largest absolute Gasteiger partial charge is 0.478 e. The lowest BCUT2D eigenvalue weighted by Crippen LogP contribution is -2.14. The molecule has 0 saturated heterocycles. The van der Waals surface area contributed by atoms with Crippen LogP contribution in [0.15, 0.2) is 70.0 Å². The average Bonchev–Trinajstić information content (AvgIpc) is 3.21. The van der Waals surface area contributed by atoms with Crippen LogP contribution in [0.5, 0.6) is 0 Å². The Kier molecular flexibility index (Phi) is 5.82. The van der Waals surface area contributed by atoms with Crippen LogP contribution in [0.3, 0.4) is 0 Å². The number of nitrogens with zero attached hydrogens (tertiary/aromatic N) is 1. The van der Waals surface area contributed by atoms with E-state index in [4.69, 9.17) is 4.42 Å². The summed E-state index contributed by atoms with van der Waals surface area (Å²) >= 11 is 0. The molecule has 0 unspecified atom stereocenters. The topological polar surface area (TPSA) is 110 Å². The SMILES string of the molecule is CCc1ccc(S(=O)(=O)Nc2ccc3oc(-c4ccc(C(F)(F)F)cc4)nc3c2)cc1C(=O)O. The van der Waals surface area contributed by atoms with Crippen molar-refractivity contribution in [3.63, 3.8) is 0 Å². The van der Waals surface area contributed by atoms with E-state index >= 15 is 0 Å². The van der Waals surface area contributed by atoms with Crippen LogP contribution in [0.4, 0.5) is 18.9 Å². The van der Waals surface area contributed by atoms with E-state index in [1.165, 1.54) is 42.5 Å². The van der Waals surface area contributed by atoms with Gasteiger partial charge < -0.3 is 9.52 Å². The van der Waals surface area contributed by atoms with Gasteiger partial charge in [-0.25, -0.2) is 18.2 Å². The van der Waals surface area contributed by atoms with Gasteiger partial charge in [-0.1, -0.05) is 13.0 Å². The Morgan fingerprint density at radius 3 is 2.38 bits per heavy atom. The van der Waals surface area contributed by atoms with Crippen LogP contribution in [0.25, 0.3) is 22.6 Å². The van der Waals surface area contributed by atoms with Crippen LogP contribution < -0.4 is 4.72 Å². The van der Waals surface area contributed by atoms with E-state index in [0.717, 1.165) is 18.2 Å². The van der Waals surface area contributed by atoms with Crippen molar-refractivity contribution in [1.29, 1.82) is 0 Å². The molecule has 0 fully saturated rings. The number of sulfonamides is 1. The number of aryl methyl sites for hydroxylation is 1. The molecule has 1 heterocycles. The number of halogens is 3. The zero-order chi connectivity index (χ0) is 24.7. The number of carboxylic acid groups (broad SMARTS) is 1. The summed E-state index contributed by atoms with van der Waals surface area (Å²) in [5, 5.41) is 9.36. The Bertz CT molecular complexity index is 1490. The highest BCUT2D eigenvalue weighted by Gasteiger charge is 2.30. The summed E-state index contributed by atoms with van der Waals surface area (Å²) in [5.74, 6) is -1.15. The first-order valence-corrected chi connectivity index (χ1v) is 11.4. The lowest BCUT2D eigenvalue weighted by atomic mass is 10.1. The normalized spacial score (nSPS) is 12.1. The summed E-state index contributed by atoms with van der Waals surface area (Å²) < 4.78 is 71.9. The van der Waals surface area contributed by atoms with E-state index in [0.29, 0.717) is 23.1 Å². The van der Waals surface area contributed by atoms with Crippen molar-refractivity contribution in [3.8, 4) is 11.5 Å². The third-order valence-corrected chi connectivity index (χ3v) is 6.48. The second kappa shape index (κ2) is 8.49. The van der Waals surface area contributed by atoms with Gasteiger partial charge in [0, 0.05) is 5.56 Å². The third-order valence-electron chi connectivity index (χ3n) is 5.10. The molecule has 0 saturated carbocycles. The van der Waals surface area contributed by atoms with Crippen LogP contribution in [0, 0.1) is 0 Å². The van der Waals surface area contributed by atoms with Crippen molar-refractivity contribution in [2.45, 2.75) is 24.4 Å². The van der Waals surface area contributed by atoms with Gasteiger partial charge in [0.25, 0.3) is 10.0 Å². The number of aromatic nitrogens is 1. The molecule has 11 heteroatoms. The van der Waals surface area contributed by atoms with Gasteiger partial charge in [0.15, 0.2) is 5.58 Å². The van der Waals surface area contributed by atoms with Crippen molar-refractivity contribution in [2.75, 3.05) is 4.72 Å². The number of oxazole rings is 1. The number of alkyl halides is 3. The zero-order valence-corrected chi connectivity index (χ0v) is 18.4. The Morgan fingerprint density at radius 1 is 1.06 bits per heavy atom. The van der Waals surface area contributed by atoms with E-state index in [-0.39, 0.29) is 27.6 Å². The van der Waals surface area contributed by atoms with Crippen LogP contribution in [0.2, 0.25) is 0 Å². The van der Waals surface area contributed by atoms with Gasteiger partial charge in [-0.05, 0) is 66.6 Å². The van der Waals surface area contributed by atoms with Crippen molar-refractivity contribution in [3.05, 3.63) is 77.4 Å². The molecule has 3 aromatic carbocycles. The van der Waals surface area contributed by atoms with Gasteiger partial charge in [0.1, 0.15) is 5.52 Å². The Hall–Kier alpha value is -3.86. The number of anilines is 1. The van der Waals surface area contributed by atoms with Crippen LogP contribution in [0.1, 0.15) is 28.4 Å².